The molecule has 1 N–H and O–H groups in total. The van der Waals surface area contributed by atoms with Crippen molar-refractivity contribution in [3.63, 3.8) is 0 Å². The summed E-state index contributed by atoms with van der Waals surface area (Å²) >= 11 is 0. The number of hydrogen-bond donors (Lipinski definition) is 1. The van der Waals surface area contributed by atoms with Crippen LogP contribution in [0.5, 0.6) is 5.75 Å². The maximum absolute atomic E-state index is 12.9. The van der Waals surface area contributed by atoms with Gasteiger partial charge in [-0.1, -0.05) is 26.0 Å². The summed E-state index contributed by atoms with van der Waals surface area (Å²) in [4.78, 5) is 0.281. The Morgan fingerprint density at radius 3 is 2.38 bits per heavy atom. The highest BCUT2D eigenvalue weighted by Gasteiger charge is 2.20. The first-order valence-electron chi connectivity index (χ1n) is 8.67. The van der Waals surface area contributed by atoms with E-state index in [4.69, 9.17) is 4.74 Å². The molecule has 4 nitrogen and oxygen atoms in total. The van der Waals surface area contributed by atoms with Crippen LogP contribution in [-0.2, 0) is 16.4 Å². The molecule has 0 heterocycles. The highest BCUT2D eigenvalue weighted by atomic mass is 32.2. The van der Waals surface area contributed by atoms with E-state index in [-0.39, 0.29) is 16.6 Å². The Balaban J connectivity index is 2.07. The van der Waals surface area contributed by atoms with E-state index in [9.17, 15) is 12.8 Å². The minimum absolute atomic E-state index is 0.151. The number of sulfonamides is 1. The Kier molecular flexibility index (Phi) is 6.78. The fraction of sp³-hybridized carbons (Fsp3) is 0.400. The number of aryl methyl sites for hydroxylation is 2. The average molecular weight is 379 g/mol. The third-order valence-electron chi connectivity index (χ3n) is 4.29. The Morgan fingerprint density at radius 1 is 1.15 bits per heavy atom. The first kappa shape index (κ1) is 20.4. The lowest BCUT2D eigenvalue weighted by atomic mass is 10.0. The second-order valence-electron chi connectivity index (χ2n) is 6.64. The highest BCUT2D eigenvalue weighted by molar-refractivity contribution is 7.89. The number of halogens is 1. The predicted octanol–water partition coefficient (Wildman–Crippen LogP) is 4.18. The van der Waals surface area contributed by atoms with Crippen LogP contribution in [0.1, 0.15) is 42.9 Å². The number of rotatable bonds is 8. The summed E-state index contributed by atoms with van der Waals surface area (Å²) in [6.45, 7) is 6.08. The van der Waals surface area contributed by atoms with Crippen LogP contribution in [0.4, 0.5) is 4.39 Å². The van der Waals surface area contributed by atoms with Crippen molar-refractivity contribution in [3.05, 3.63) is 58.9 Å². The Labute approximate surface area is 155 Å². The quantitative estimate of drug-likeness (QED) is 0.700. The van der Waals surface area contributed by atoms with Gasteiger partial charge in [0.1, 0.15) is 11.6 Å². The molecule has 0 atom stereocenters. The van der Waals surface area contributed by atoms with Crippen molar-refractivity contribution in [1.82, 2.24) is 4.72 Å². The van der Waals surface area contributed by atoms with Gasteiger partial charge >= 0.3 is 0 Å². The lowest BCUT2D eigenvalue weighted by Crippen LogP contribution is -2.26. The van der Waals surface area contributed by atoms with Crippen molar-refractivity contribution in [2.45, 2.75) is 44.4 Å². The number of ether oxygens (including phenoxy) is 1. The minimum Gasteiger partial charge on any atom is -0.496 e. The summed E-state index contributed by atoms with van der Waals surface area (Å²) in [7, 11) is -2.01. The summed E-state index contributed by atoms with van der Waals surface area (Å²) in [5.74, 6) is 0.580. The molecule has 26 heavy (non-hydrogen) atoms. The van der Waals surface area contributed by atoms with Gasteiger partial charge in [-0.05, 0) is 66.6 Å². The summed E-state index contributed by atoms with van der Waals surface area (Å²) < 4.78 is 46.3. The Morgan fingerprint density at radius 2 is 1.81 bits per heavy atom. The van der Waals surface area contributed by atoms with Crippen LogP contribution in [-0.4, -0.2) is 22.1 Å². The van der Waals surface area contributed by atoms with Crippen LogP contribution in [0.2, 0.25) is 0 Å². The zero-order chi connectivity index (χ0) is 19.3. The zero-order valence-electron chi connectivity index (χ0n) is 15.7. The lowest BCUT2D eigenvalue weighted by molar-refractivity contribution is 0.406. The van der Waals surface area contributed by atoms with Gasteiger partial charge in [0.25, 0.3) is 0 Å². The molecular weight excluding hydrogens is 353 g/mol. The zero-order valence-corrected chi connectivity index (χ0v) is 16.5. The van der Waals surface area contributed by atoms with Crippen LogP contribution < -0.4 is 9.46 Å². The van der Waals surface area contributed by atoms with E-state index in [0.29, 0.717) is 30.7 Å². The maximum atomic E-state index is 12.9. The van der Waals surface area contributed by atoms with E-state index in [0.717, 1.165) is 11.1 Å². The molecule has 6 heteroatoms. The maximum Gasteiger partial charge on any atom is 0.240 e. The summed E-state index contributed by atoms with van der Waals surface area (Å²) in [5, 5.41) is 0. The van der Waals surface area contributed by atoms with Crippen LogP contribution >= 0.6 is 0 Å². The van der Waals surface area contributed by atoms with Gasteiger partial charge in [-0.15, -0.1) is 0 Å². The summed E-state index contributed by atoms with van der Waals surface area (Å²) in [6, 6.07) is 9.71. The monoisotopic (exact) mass is 379 g/mol. The first-order chi connectivity index (χ1) is 12.2. The average Bonchev–Trinajstić information content (AvgIpc) is 2.59. The standard InChI is InChI=1S/C20H26FNO3S/c1-14(2)18-13-20(15(3)12-19(18)25-4)26(23,24)22-11-5-6-16-7-9-17(21)10-8-16/h7-10,12-14,22H,5-6,11H2,1-4H3. The van der Waals surface area contributed by atoms with E-state index in [1.54, 1.807) is 38.3 Å². The topological polar surface area (TPSA) is 55.4 Å². The van der Waals surface area contributed by atoms with Gasteiger partial charge < -0.3 is 4.74 Å². The van der Waals surface area contributed by atoms with Gasteiger partial charge in [0.05, 0.1) is 12.0 Å². The third kappa shape index (κ3) is 5.05. The molecule has 2 aromatic carbocycles. The van der Waals surface area contributed by atoms with Gasteiger partial charge in [-0.3, -0.25) is 0 Å². The van der Waals surface area contributed by atoms with E-state index in [2.05, 4.69) is 4.72 Å². The third-order valence-corrected chi connectivity index (χ3v) is 5.89. The molecule has 0 aliphatic carbocycles. The molecule has 0 unspecified atom stereocenters. The van der Waals surface area contributed by atoms with E-state index in [1.165, 1.54) is 12.1 Å². The normalized spacial score (nSPS) is 11.8. The van der Waals surface area contributed by atoms with Crippen molar-refractivity contribution < 1.29 is 17.5 Å². The van der Waals surface area contributed by atoms with Crippen molar-refractivity contribution in [3.8, 4) is 5.75 Å². The highest BCUT2D eigenvalue weighted by Crippen LogP contribution is 2.31. The van der Waals surface area contributed by atoms with Gasteiger partial charge in [0, 0.05) is 6.54 Å². The van der Waals surface area contributed by atoms with E-state index < -0.39 is 10.0 Å². The number of nitrogens with one attached hydrogen (secondary N) is 1. The minimum atomic E-state index is -3.60. The van der Waals surface area contributed by atoms with Crippen LogP contribution in [0.25, 0.3) is 0 Å². The largest absolute Gasteiger partial charge is 0.496 e. The van der Waals surface area contributed by atoms with Crippen molar-refractivity contribution in [1.29, 1.82) is 0 Å². The number of methoxy groups -OCH3 is 1. The first-order valence-corrected chi connectivity index (χ1v) is 10.2. The number of benzene rings is 2. The molecule has 0 aromatic heterocycles. The Hall–Kier alpha value is -1.92. The molecule has 0 amide bonds. The van der Waals surface area contributed by atoms with Crippen molar-refractivity contribution in [2.75, 3.05) is 13.7 Å². The molecule has 142 valence electrons. The fourth-order valence-corrected chi connectivity index (χ4v) is 4.16. The molecule has 0 fully saturated rings. The molecular formula is C20H26FNO3S. The molecule has 0 spiro atoms. The van der Waals surface area contributed by atoms with Gasteiger partial charge in [0.2, 0.25) is 10.0 Å². The van der Waals surface area contributed by atoms with E-state index >= 15 is 0 Å². The fourth-order valence-electron chi connectivity index (χ4n) is 2.82. The smallest absolute Gasteiger partial charge is 0.240 e. The van der Waals surface area contributed by atoms with Gasteiger partial charge in [0.15, 0.2) is 0 Å². The SMILES string of the molecule is COc1cc(C)c(S(=O)(=O)NCCCc2ccc(F)cc2)cc1C(C)C. The molecule has 0 aliphatic rings. The molecule has 2 aromatic rings. The molecule has 0 saturated carbocycles. The molecule has 0 aliphatic heterocycles. The molecule has 2 rings (SSSR count). The van der Waals surface area contributed by atoms with E-state index in [1.807, 2.05) is 13.8 Å². The molecule has 0 radical (unpaired) electrons. The van der Waals surface area contributed by atoms with Crippen LogP contribution in [0, 0.1) is 12.7 Å². The second kappa shape index (κ2) is 8.64. The van der Waals surface area contributed by atoms with Gasteiger partial charge in [-0.25, -0.2) is 17.5 Å². The van der Waals surface area contributed by atoms with Crippen LogP contribution in [0.15, 0.2) is 41.3 Å². The van der Waals surface area contributed by atoms with Crippen molar-refractivity contribution in [2.24, 2.45) is 0 Å². The molecule has 0 saturated heterocycles. The number of hydrogen-bond acceptors (Lipinski definition) is 3. The Bertz CT molecular complexity index is 846. The molecule has 0 bridgehead atoms. The summed E-state index contributed by atoms with van der Waals surface area (Å²) in [6.07, 6.45) is 1.32. The van der Waals surface area contributed by atoms with Crippen LogP contribution in [0.3, 0.4) is 0 Å². The summed E-state index contributed by atoms with van der Waals surface area (Å²) in [5.41, 5.74) is 2.50. The second-order valence-corrected chi connectivity index (χ2v) is 8.38. The predicted molar refractivity (Wildman–Crippen MR) is 102 cm³/mol. The van der Waals surface area contributed by atoms with Crippen molar-refractivity contribution >= 4 is 10.0 Å². The lowest BCUT2D eigenvalue weighted by Gasteiger charge is -2.16. The van der Waals surface area contributed by atoms with Gasteiger partial charge in [-0.2, -0.15) is 0 Å².